The summed E-state index contributed by atoms with van der Waals surface area (Å²) in [5.74, 6) is 2.02. The van der Waals surface area contributed by atoms with E-state index in [4.69, 9.17) is 16.3 Å². The average molecular weight is 351 g/mol. The molecule has 0 spiro atoms. The average Bonchev–Trinajstić information content (AvgIpc) is 2.92. The van der Waals surface area contributed by atoms with Gasteiger partial charge in [-0.05, 0) is 25.6 Å². The number of methoxy groups -OCH3 is 1. The maximum Gasteiger partial charge on any atom is 0.239 e. The SMILES string of the molecule is COc1ncc(CNC(=O)C2Cn3c(C)nnc3CN2C)cc1Cl. The molecule has 0 saturated heterocycles. The summed E-state index contributed by atoms with van der Waals surface area (Å²) in [6.07, 6.45) is 1.64. The number of aromatic nitrogens is 4. The van der Waals surface area contributed by atoms with Crippen LogP contribution in [-0.4, -0.2) is 50.8 Å². The van der Waals surface area contributed by atoms with Crippen LogP contribution in [0.1, 0.15) is 17.2 Å². The third-order valence-electron chi connectivity index (χ3n) is 4.12. The van der Waals surface area contributed by atoms with Crippen molar-refractivity contribution >= 4 is 17.5 Å². The van der Waals surface area contributed by atoms with Crippen LogP contribution in [-0.2, 0) is 24.4 Å². The van der Waals surface area contributed by atoms with Gasteiger partial charge in [-0.25, -0.2) is 4.98 Å². The van der Waals surface area contributed by atoms with Crippen LogP contribution in [0.5, 0.6) is 5.88 Å². The summed E-state index contributed by atoms with van der Waals surface area (Å²) >= 11 is 6.05. The predicted octanol–water partition coefficient (Wildman–Crippen LogP) is 0.774. The molecule has 2 aromatic heterocycles. The van der Waals surface area contributed by atoms with Crippen molar-refractivity contribution in [3.63, 3.8) is 0 Å². The fourth-order valence-electron chi connectivity index (χ4n) is 2.73. The number of rotatable bonds is 4. The minimum absolute atomic E-state index is 0.0526. The molecule has 0 aliphatic carbocycles. The van der Waals surface area contributed by atoms with E-state index in [-0.39, 0.29) is 11.9 Å². The predicted molar refractivity (Wildman–Crippen MR) is 87.7 cm³/mol. The molecule has 128 valence electrons. The van der Waals surface area contributed by atoms with Gasteiger partial charge in [0.1, 0.15) is 22.7 Å². The van der Waals surface area contributed by atoms with E-state index in [2.05, 4.69) is 20.5 Å². The van der Waals surface area contributed by atoms with Crippen LogP contribution in [0.25, 0.3) is 0 Å². The largest absolute Gasteiger partial charge is 0.480 e. The number of fused-ring (bicyclic) bond motifs is 1. The quantitative estimate of drug-likeness (QED) is 0.876. The Morgan fingerprint density at radius 2 is 2.29 bits per heavy atom. The molecule has 3 heterocycles. The highest BCUT2D eigenvalue weighted by molar-refractivity contribution is 6.31. The van der Waals surface area contributed by atoms with Gasteiger partial charge >= 0.3 is 0 Å². The molecule has 1 aliphatic rings. The van der Waals surface area contributed by atoms with Gasteiger partial charge < -0.3 is 14.6 Å². The third-order valence-corrected chi connectivity index (χ3v) is 4.39. The highest BCUT2D eigenvalue weighted by Crippen LogP contribution is 2.22. The number of ether oxygens (including phenoxy) is 1. The Labute approximate surface area is 144 Å². The van der Waals surface area contributed by atoms with Gasteiger partial charge in [0.05, 0.1) is 20.2 Å². The summed E-state index contributed by atoms with van der Waals surface area (Å²) in [5, 5.41) is 11.5. The standard InChI is InChI=1S/C15H19ClN6O2/c1-9-19-20-13-8-21(2)12(7-22(9)13)14(23)17-5-10-4-11(16)15(24-3)18-6-10/h4,6,12H,5,7-8H2,1-3H3,(H,17,23). The van der Waals surface area contributed by atoms with Crippen molar-refractivity contribution in [2.45, 2.75) is 32.6 Å². The lowest BCUT2D eigenvalue weighted by Crippen LogP contribution is -2.50. The van der Waals surface area contributed by atoms with Gasteiger partial charge in [0, 0.05) is 12.7 Å². The number of amides is 1. The van der Waals surface area contributed by atoms with Gasteiger partial charge in [-0.3, -0.25) is 9.69 Å². The minimum Gasteiger partial charge on any atom is -0.480 e. The number of aryl methyl sites for hydroxylation is 1. The second-order valence-electron chi connectivity index (χ2n) is 5.76. The molecule has 1 atom stereocenters. The number of nitrogens with one attached hydrogen (secondary N) is 1. The second-order valence-corrected chi connectivity index (χ2v) is 6.16. The number of hydrogen-bond acceptors (Lipinski definition) is 6. The number of nitrogens with zero attached hydrogens (tertiary/aromatic N) is 5. The van der Waals surface area contributed by atoms with Gasteiger partial charge in [0.25, 0.3) is 0 Å². The van der Waals surface area contributed by atoms with Crippen molar-refractivity contribution in [2.75, 3.05) is 14.2 Å². The number of likely N-dealkylation sites (N-methyl/N-ethyl adjacent to an activating group) is 1. The molecule has 0 radical (unpaired) electrons. The number of carbonyl (C=O) groups is 1. The Bertz CT molecular complexity index is 762. The lowest BCUT2D eigenvalue weighted by atomic mass is 10.1. The van der Waals surface area contributed by atoms with Crippen molar-refractivity contribution in [3.8, 4) is 5.88 Å². The summed E-state index contributed by atoms with van der Waals surface area (Å²) in [5.41, 5.74) is 0.814. The second kappa shape index (κ2) is 6.74. The van der Waals surface area contributed by atoms with Crippen molar-refractivity contribution in [1.82, 2.24) is 30.0 Å². The fraction of sp³-hybridized carbons (Fsp3) is 0.467. The molecule has 0 fully saturated rings. The normalized spacial score (nSPS) is 17.4. The number of halogens is 1. The van der Waals surface area contributed by atoms with E-state index >= 15 is 0 Å². The topological polar surface area (TPSA) is 85.2 Å². The molecular formula is C15H19ClN6O2. The van der Waals surface area contributed by atoms with Gasteiger partial charge in [0.15, 0.2) is 0 Å². The van der Waals surface area contributed by atoms with E-state index in [1.807, 2.05) is 23.4 Å². The van der Waals surface area contributed by atoms with Crippen LogP contribution in [0, 0.1) is 6.92 Å². The first-order valence-corrected chi connectivity index (χ1v) is 7.92. The molecule has 1 amide bonds. The van der Waals surface area contributed by atoms with Crippen molar-refractivity contribution in [2.24, 2.45) is 0 Å². The smallest absolute Gasteiger partial charge is 0.239 e. The van der Waals surface area contributed by atoms with E-state index in [9.17, 15) is 4.79 Å². The highest BCUT2D eigenvalue weighted by atomic mass is 35.5. The molecule has 9 heteroatoms. The maximum atomic E-state index is 12.5. The van der Waals surface area contributed by atoms with Gasteiger partial charge in [-0.15, -0.1) is 10.2 Å². The monoisotopic (exact) mass is 350 g/mol. The Kier molecular flexibility index (Phi) is 4.68. The Morgan fingerprint density at radius 3 is 3.00 bits per heavy atom. The van der Waals surface area contributed by atoms with Crippen LogP contribution < -0.4 is 10.1 Å². The van der Waals surface area contributed by atoms with E-state index in [0.29, 0.717) is 30.5 Å². The lowest BCUT2D eigenvalue weighted by Gasteiger charge is -2.32. The molecule has 1 N–H and O–H groups in total. The van der Waals surface area contributed by atoms with Crippen molar-refractivity contribution in [3.05, 3.63) is 34.5 Å². The Balaban J connectivity index is 1.65. The summed E-state index contributed by atoms with van der Waals surface area (Å²) < 4.78 is 7.00. The number of hydrogen-bond donors (Lipinski definition) is 1. The molecule has 1 unspecified atom stereocenters. The summed E-state index contributed by atoms with van der Waals surface area (Å²) in [7, 11) is 3.42. The molecule has 24 heavy (non-hydrogen) atoms. The van der Waals surface area contributed by atoms with Gasteiger partial charge in [0.2, 0.25) is 11.8 Å². The molecule has 3 rings (SSSR count). The van der Waals surface area contributed by atoms with E-state index in [1.54, 1.807) is 12.3 Å². The molecule has 0 aromatic carbocycles. The van der Waals surface area contributed by atoms with E-state index in [0.717, 1.165) is 17.2 Å². The summed E-state index contributed by atoms with van der Waals surface area (Å²) in [6.45, 7) is 3.38. The molecule has 1 aliphatic heterocycles. The molecular weight excluding hydrogens is 332 g/mol. The van der Waals surface area contributed by atoms with Crippen LogP contribution in [0.15, 0.2) is 12.3 Å². The first-order valence-electron chi connectivity index (χ1n) is 7.54. The van der Waals surface area contributed by atoms with Crippen molar-refractivity contribution < 1.29 is 9.53 Å². The first kappa shape index (κ1) is 16.7. The highest BCUT2D eigenvalue weighted by Gasteiger charge is 2.30. The van der Waals surface area contributed by atoms with Gasteiger partial charge in [-0.1, -0.05) is 11.6 Å². The zero-order valence-corrected chi connectivity index (χ0v) is 14.5. The zero-order valence-electron chi connectivity index (χ0n) is 13.8. The molecule has 0 bridgehead atoms. The van der Waals surface area contributed by atoms with Crippen LogP contribution in [0.2, 0.25) is 5.02 Å². The molecule has 8 nitrogen and oxygen atoms in total. The Morgan fingerprint density at radius 1 is 1.50 bits per heavy atom. The summed E-state index contributed by atoms with van der Waals surface area (Å²) in [6, 6.07) is 1.47. The minimum atomic E-state index is -0.270. The zero-order chi connectivity index (χ0) is 17.3. The van der Waals surface area contributed by atoms with Crippen LogP contribution in [0.3, 0.4) is 0 Å². The number of pyridine rings is 1. The fourth-order valence-corrected chi connectivity index (χ4v) is 2.99. The van der Waals surface area contributed by atoms with E-state index < -0.39 is 0 Å². The molecule has 0 saturated carbocycles. The maximum absolute atomic E-state index is 12.5. The van der Waals surface area contributed by atoms with Crippen LogP contribution >= 0.6 is 11.6 Å². The first-order chi connectivity index (χ1) is 11.5. The van der Waals surface area contributed by atoms with Gasteiger partial charge in [-0.2, -0.15) is 0 Å². The third kappa shape index (κ3) is 3.20. The molecule has 2 aromatic rings. The number of carbonyl (C=O) groups excluding carboxylic acids is 1. The van der Waals surface area contributed by atoms with E-state index in [1.165, 1.54) is 7.11 Å². The lowest BCUT2D eigenvalue weighted by molar-refractivity contribution is -0.127. The summed E-state index contributed by atoms with van der Waals surface area (Å²) in [4.78, 5) is 18.6. The Hall–Kier alpha value is -2.19. The van der Waals surface area contributed by atoms with Crippen molar-refractivity contribution in [1.29, 1.82) is 0 Å². The van der Waals surface area contributed by atoms with Crippen LogP contribution in [0.4, 0.5) is 0 Å².